The second kappa shape index (κ2) is 6.04. The maximum Gasteiger partial charge on any atom is 0.240 e. The van der Waals surface area contributed by atoms with Gasteiger partial charge in [0.1, 0.15) is 11.9 Å². The third kappa shape index (κ3) is 3.07. The van der Waals surface area contributed by atoms with Gasteiger partial charge in [0.05, 0.1) is 6.54 Å². The predicted octanol–water partition coefficient (Wildman–Crippen LogP) is 2.90. The fraction of sp³-hybridized carbons (Fsp3) is 0.412. The molecule has 120 valence electrons. The van der Waals surface area contributed by atoms with Crippen LogP contribution in [0.1, 0.15) is 24.6 Å². The van der Waals surface area contributed by atoms with Crippen molar-refractivity contribution in [2.45, 2.75) is 32.4 Å². The van der Waals surface area contributed by atoms with Crippen LogP contribution in [0.4, 0.5) is 0 Å². The number of H-pyrrole nitrogens is 1. The van der Waals surface area contributed by atoms with Crippen LogP contribution in [0.3, 0.4) is 0 Å². The van der Waals surface area contributed by atoms with Gasteiger partial charge < -0.3 is 14.2 Å². The van der Waals surface area contributed by atoms with Crippen molar-refractivity contribution in [3.8, 4) is 5.75 Å². The van der Waals surface area contributed by atoms with Crippen molar-refractivity contribution in [1.29, 1.82) is 0 Å². The van der Waals surface area contributed by atoms with E-state index in [4.69, 9.17) is 9.26 Å². The standard InChI is InChI=1S/C17H20N4O2/c1-12-19-17(23-20-12)11-21-9-6-13(7-10-21)22-16-4-2-3-15-14(16)5-8-18-15/h2-5,8,13,18H,6-7,9-11H2,1H3. The lowest BCUT2D eigenvalue weighted by atomic mass is 10.1. The predicted molar refractivity (Wildman–Crippen MR) is 86.3 cm³/mol. The van der Waals surface area contributed by atoms with E-state index in [1.54, 1.807) is 0 Å². The number of hydrogen-bond acceptors (Lipinski definition) is 5. The Bertz CT molecular complexity index is 787. The van der Waals surface area contributed by atoms with E-state index >= 15 is 0 Å². The first-order chi connectivity index (χ1) is 11.3. The highest BCUT2D eigenvalue weighted by molar-refractivity contribution is 5.85. The van der Waals surface area contributed by atoms with Crippen molar-refractivity contribution in [2.24, 2.45) is 0 Å². The summed E-state index contributed by atoms with van der Waals surface area (Å²) in [5, 5.41) is 4.99. The Morgan fingerprint density at radius 2 is 2.17 bits per heavy atom. The molecule has 23 heavy (non-hydrogen) atoms. The van der Waals surface area contributed by atoms with Crippen LogP contribution in [0, 0.1) is 6.92 Å². The molecule has 0 atom stereocenters. The fourth-order valence-electron chi connectivity index (χ4n) is 3.12. The lowest BCUT2D eigenvalue weighted by Gasteiger charge is -2.31. The summed E-state index contributed by atoms with van der Waals surface area (Å²) < 4.78 is 11.4. The molecule has 0 amide bonds. The molecule has 0 unspecified atom stereocenters. The number of benzene rings is 1. The summed E-state index contributed by atoms with van der Waals surface area (Å²) in [6, 6.07) is 8.21. The van der Waals surface area contributed by atoms with E-state index in [0.29, 0.717) is 11.7 Å². The number of rotatable bonds is 4. The third-order valence-electron chi connectivity index (χ3n) is 4.31. The van der Waals surface area contributed by atoms with E-state index in [0.717, 1.165) is 49.1 Å². The van der Waals surface area contributed by atoms with Gasteiger partial charge in [0.25, 0.3) is 0 Å². The molecule has 0 saturated carbocycles. The molecule has 6 nitrogen and oxygen atoms in total. The van der Waals surface area contributed by atoms with Crippen LogP contribution in [0.25, 0.3) is 10.9 Å². The van der Waals surface area contributed by atoms with Gasteiger partial charge in [-0.2, -0.15) is 4.98 Å². The Hall–Kier alpha value is -2.34. The van der Waals surface area contributed by atoms with Crippen LogP contribution in [0.5, 0.6) is 5.75 Å². The molecule has 6 heteroatoms. The van der Waals surface area contributed by atoms with Crippen LogP contribution in [-0.2, 0) is 6.54 Å². The molecule has 1 fully saturated rings. The molecule has 3 aromatic rings. The molecule has 0 aliphatic carbocycles. The second-order valence-corrected chi connectivity index (χ2v) is 6.02. The summed E-state index contributed by atoms with van der Waals surface area (Å²) in [6.07, 6.45) is 4.23. The largest absolute Gasteiger partial charge is 0.490 e. The summed E-state index contributed by atoms with van der Waals surface area (Å²) >= 11 is 0. The molecule has 1 saturated heterocycles. The van der Waals surface area contributed by atoms with Gasteiger partial charge in [-0.25, -0.2) is 0 Å². The van der Waals surface area contributed by atoms with Gasteiger partial charge in [-0.3, -0.25) is 4.90 Å². The third-order valence-corrected chi connectivity index (χ3v) is 4.31. The van der Waals surface area contributed by atoms with Crippen molar-refractivity contribution in [3.63, 3.8) is 0 Å². The summed E-state index contributed by atoms with van der Waals surface area (Å²) in [7, 11) is 0. The van der Waals surface area contributed by atoms with Gasteiger partial charge in [-0.15, -0.1) is 0 Å². The lowest BCUT2D eigenvalue weighted by Crippen LogP contribution is -2.37. The maximum absolute atomic E-state index is 6.23. The number of ether oxygens (including phenoxy) is 1. The topological polar surface area (TPSA) is 67.2 Å². The van der Waals surface area contributed by atoms with Crippen LogP contribution in [0.15, 0.2) is 35.0 Å². The second-order valence-electron chi connectivity index (χ2n) is 6.02. The Morgan fingerprint density at radius 1 is 1.30 bits per heavy atom. The first-order valence-electron chi connectivity index (χ1n) is 8.02. The number of aryl methyl sites for hydroxylation is 1. The minimum atomic E-state index is 0.260. The fourth-order valence-corrected chi connectivity index (χ4v) is 3.12. The van der Waals surface area contributed by atoms with E-state index in [1.165, 1.54) is 0 Å². The summed E-state index contributed by atoms with van der Waals surface area (Å²) in [5.74, 6) is 2.35. The van der Waals surface area contributed by atoms with Crippen molar-refractivity contribution < 1.29 is 9.26 Å². The number of hydrogen-bond donors (Lipinski definition) is 1. The molecular formula is C17H20N4O2. The SMILES string of the molecule is Cc1noc(CN2CCC(Oc3cccc4[nH]ccc34)CC2)n1. The molecule has 2 aromatic heterocycles. The molecule has 1 aromatic carbocycles. The van der Waals surface area contributed by atoms with E-state index in [2.05, 4.69) is 32.2 Å². The zero-order valence-corrected chi connectivity index (χ0v) is 13.2. The van der Waals surface area contributed by atoms with Crippen molar-refractivity contribution in [3.05, 3.63) is 42.2 Å². The van der Waals surface area contributed by atoms with Crippen LogP contribution in [-0.4, -0.2) is 39.2 Å². The number of aromatic amines is 1. The number of nitrogens with zero attached hydrogens (tertiary/aromatic N) is 3. The van der Waals surface area contributed by atoms with Crippen LogP contribution < -0.4 is 4.74 Å². The minimum absolute atomic E-state index is 0.260. The van der Waals surface area contributed by atoms with E-state index < -0.39 is 0 Å². The monoisotopic (exact) mass is 312 g/mol. The molecule has 0 radical (unpaired) electrons. The van der Waals surface area contributed by atoms with E-state index in [9.17, 15) is 0 Å². The van der Waals surface area contributed by atoms with Crippen LogP contribution >= 0.6 is 0 Å². The Morgan fingerprint density at radius 3 is 2.96 bits per heavy atom. The highest BCUT2D eigenvalue weighted by atomic mass is 16.5. The molecule has 1 N–H and O–H groups in total. The average Bonchev–Trinajstić information content (AvgIpc) is 3.19. The van der Waals surface area contributed by atoms with Crippen LogP contribution in [0.2, 0.25) is 0 Å². The molecule has 1 aliphatic heterocycles. The van der Waals surface area contributed by atoms with Crippen molar-refractivity contribution >= 4 is 10.9 Å². The van der Waals surface area contributed by atoms with Gasteiger partial charge in [-0.05, 0) is 38.0 Å². The van der Waals surface area contributed by atoms with Gasteiger partial charge >= 0.3 is 0 Å². The quantitative estimate of drug-likeness (QED) is 0.802. The van der Waals surface area contributed by atoms with Gasteiger partial charge in [0, 0.05) is 30.2 Å². The van der Waals surface area contributed by atoms with Crippen molar-refractivity contribution in [1.82, 2.24) is 20.0 Å². The smallest absolute Gasteiger partial charge is 0.240 e. The van der Waals surface area contributed by atoms with E-state index in [-0.39, 0.29) is 6.10 Å². The van der Waals surface area contributed by atoms with E-state index in [1.807, 2.05) is 25.3 Å². The zero-order valence-electron chi connectivity index (χ0n) is 13.2. The van der Waals surface area contributed by atoms with Gasteiger partial charge in [0.15, 0.2) is 5.82 Å². The first-order valence-corrected chi connectivity index (χ1v) is 8.02. The first kappa shape index (κ1) is 14.3. The maximum atomic E-state index is 6.23. The normalized spacial score (nSPS) is 16.9. The average molecular weight is 312 g/mol. The molecular weight excluding hydrogens is 292 g/mol. The Balaban J connectivity index is 1.35. The Kier molecular flexibility index (Phi) is 3.75. The Labute approximate surface area is 134 Å². The molecule has 4 rings (SSSR count). The summed E-state index contributed by atoms with van der Waals surface area (Å²) in [6.45, 7) is 4.53. The lowest BCUT2D eigenvalue weighted by molar-refractivity contribution is 0.0915. The number of fused-ring (bicyclic) bond motifs is 1. The summed E-state index contributed by atoms with van der Waals surface area (Å²) in [5.41, 5.74) is 1.12. The van der Waals surface area contributed by atoms with Gasteiger partial charge in [-0.1, -0.05) is 11.2 Å². The zero-order chi connectivity index (χ0) is 15.6. The molecule has 1 aliphatic rings. The molecule has 3 heterocycles. The number of nitrogens with one attached hydrogen (secondary N) is 1. The number of likely N-dealkylation sites (tertiary alicyclic amines) is 1. The number of piperidine rings is 1. The molecule has 0 bridgehead atoms. The minimum Gasteiger partial charge on any atom is -0.490 e. The highest BCUT2D eigenvalue weighted by Gasteiger charge is 2.22. The van der Waals surface area contributed by atoms with Crippen molar-refractivity contribution in [2.75, 3.05) is 13.1 Å². The molecule has 0 spiro atoms. The summed E-state index contributed by atoms with van der Waals surface area (Å²) in [4.78, 5) is 9.82. The number of aromatic nitrogens is 3. The van der Waals surface area contributed by atoms with Gasteiger partial charge in [0.2, 0.25) is 5.89 Å². The highest BCUT2D eigenvalue weighted by Crippen LogP contribution is 2.27.